The molecule has 0 radical (unpaired) electrons. The first-order valence-corrected chi connectivity index (χ1v) is 8.99. The van der Waals surface area contributed by atoms with Gasteiger partial charge in [0.15, 0.2) is 0 Å². The van der Waals surface area contributed by atoms with Crippen molar-refractivity contribution in [3.05, 3.63) is 36.0 Å². The maximum absolute atomic E-state index is 12.4. The molecule has 2 aromatic rings. The summed E-state index contributed by atoms with van der Waals surface area (Å²) in [4.78, 5) is 16.7. The van der Waals surface area contributed by atoms with Crippen LogP contribution in [0.1, 0.15) is 26.3 Å². The minimum absolute atomic E-state index is 0.265. The largest absolute Gasteiger partial charge is 0.470 e. The molecule has 1 unspecified atom stereocenters. The zero-order valence-corrected chi connectivity index (χ0v) is 15.5. The fraction of sp³-hybridized carbons (Fsp3) is 0.300. The Morgan fingerprint density at radius 2 is 2.16 bits per heavy atom. The highest BCUT2D eigenvalue weighted by molar-refractivity contribution is 7.99. The number of rotatable bonds is 5. The van der Waals surface area contributed by atoms with E-state index in [1.807, 2.05) is 24.5 Å². The van der Waals surface area contributed by atoms with Crippen LogP contribution in [-0.2, 0) is 4.79 Å². The first-order valence-electron chi connectivity index (χ1n) is 7.70. The number of nitrogens with one attached hydrogen (secondary N) is 1. The Hall–Kier alpha value is -2.63. The fourth-order valence-corrected chi connectivity index (χ4v) is 2.61. The van der Waals surface area contributed by atoms with Crippen LogP contribution in [0.25, 0.3) is 10.9 Å². The average molecular weight is 352 g/mol. The highest BCUT2D eigenvalue weighted by atomic mass is 32.2. The Balaban J connectivity index is 2.23. The third-order valence-electron chi connectivity index (χ3n) is 3.39. The summed E-state index contributed by atoms with van der Waals surface area (Å²) in [5, 5.41) is 3.69. The van der Waals surface area contributed by atoms with Gasteiger partial charge in [0.2, 0.25) is 5.44 Å². The minimum atomic E-state index is -0.727. The number of hydrogen-bond acceptors (Lipinski definition) is 4. The summed E-state index contributed by atoms with van der Waals surface area (Å²) < 4.78 is 5.84. The summed E-state index contributed by atoms with van der Waals surface area (Å²) >= 11 is 1.30. The SMILES string of the molecule is C#CC(C)(C)NC(=O)C(Oc1ccc2ncc(C#CC)cc2c1)SC. The van der Waals surface area contributed by atoms with Gasteiger partial charge in [-0.05, 0) is 51.3 Å². The number of amides is 1. The van der Waals surface area contributed by atoms with Gasteiger partial charge in [0.05, 0.1) is 11.1 Å². The van der Waals surface area contributed by atoms with Gasteiger partial charge in [-0.1, -0.05) is 11.8 Å². The number of aromatic nitrogens is 1. The molecule has 0 spiro atoms. The van der Waals surface area contributed by atoms with Gasteiger partial charge in [0.1, 0.15) is 5.75 Å². The van der Waals surface area contributed by atoms with Gasteiger partial charge < -0.3 is 10.1 Å². The van der Waals surface area contributed by atoms with E-state index in [0.29, 0.717) is 5.75 Å². The Kier molecular flexibility index (Phi) is 5.96. The van der Waals surface area contributed by atoms with Crippen LogP contribution in [0.4, 0.5) is 0 Å². The molecule has 1 N–H and O–H groups in total. The van der Waals surface area contributed by atoms with E-state index in [4.69, 9.17) is 11.2 Å². The van der Waals surface area contributed by atoms with Crippen LogP contribution >= 0.6 is 11.8 Å². The van der Waals surface area contributed by atoms with Gasteiger partial charge in [-0.3, -0.25) is 9.78 Å². The van der Waals surface area contributed by atoms with Crippen LogP contribution in [0.3, 0.4) is 0 Å². The van der Waals surface area contributed by atoms with E-state index < -0.39 is 11.0 Å². The van der Waals surface area contributed by atoms with Crippen LogP contribution in [0.15, 0.2) is 30.5 Å². The maximum Gasteiger partial charge on any atom is 0.272 e. The summed E-state index contributed by atoms with van der Waals surface area (Å²) in [7, 11) is 0. The molecule has 2 rings (SSSR count). The molecule has 0 saturated carbocycles. The van der Waals surface area contributed by atoms with Crippen molar-refractivity contribution < 1.29 is 9.53 Å². The van der Waals surface area contributed by atoms with Crippen molar-refractivity contribution in [1.29, 1.82) is 0 Å². The molecule has 1 amide bonds. The smallest absolute Gasteiger partial charge is 0.272 e. The molecule has 0 aliphatic heterocycles. The lowest BCUT2D eigenvalue weighted by Crippen LogP contribution is -2.47. The molecule has 1 atom stereocenters. The molecule has 0 fully saturated rings. The number of carbonyl (C=O) groups is 1. The van der Waals surface area contributed by atoms with Crippen LogP contribution in [0.5, 0.6) is 5.75 Å². The molecular formula is C20H20N2O2S. The third kappa shape index (κ3) is 4.92. The number of nitrogens with zero attached hydrogens (tertiary/aromatic N) is 1. The first-order chi connectivity index (χ1) is 11.9. The molecule has 4 nitrogen and oxygen atoms in total. The molecule has 5 heteroatoms. The molecule has 1 heterocycles. The second-order valence-electron chi connectivity index (χ2n) is 5.90. The lowest BCUT2D eigenvalue weighted by molar-refractivity contribution is -0.125. The van der Waals surface area contributed by atoms with E-state index >= 15 is 0 Å². The van der Waals surface area contributed by atoms with E-state index in [2.05, 4.69) is 28.1 Å². The number of terminal acetylenes is 1. The van der Waals surface area contributed by atoms with Gasteiger partial charge in [0, 0.05) is 17.1 Å². The van der Waals surface area contributed by atoms with Crippen molar-refractivity contribution in [1.82, 2.24) is 10.3 Å². The normalized spacial score (nSPS) is 11.8. The summed E-state index contributed by atoms with van der Waals surface area (Å²) in [6, 6.07) is 7.45. The predicted molar refractivity (Wildman–Crippen MR) is 103 cm³/mol. The summed E-state index contributed by atoms with van der Waals surface area (Å²) in [6.07, 6.45) is 8.97. The fourth-order valence-electron chi connectivity index (χ4n) is 2.13. The maximum atomic E-state index is 12.4. The molecule has 1 aromatic carbocycles. The van der Waals surface area contributed by atoms with Crippen LogP contribution in [-0.4, -0.2) is 28.1 Å². The van der Waals surface area contributed by atoms with Gasteiger partial charge in [-0.15, -0.1) is 24.1 Å². The molecule has 0 aliphatic carbocycles. The van der Waals surface area contributed by atoms with Crippen molar-refractivity contribution in [2.45, 2.75) is 31.7 Å². The van der Waals surface area contributed by atoms with Crippen LogP contribution < -0.4 is 10.1 Å². The standard InChI is InChI=1S/C20H20N2O2S/c1-6-8-14-11-15-12-16(9-10-17(15)21-13-14)24-19(25-5)18(23)22-20(3,4)7-2/h2,9-13,19H,1,3-5H3,(H,22,23). The third-order valence-corrected chi connectivity index (χ3v) is 4.13. The Bertz CT molecular complexity index is 888. The number of thioether (sulfide) groups is 1. The number of hydrogen-bond donors (Lipinski definition) is 1. The number of pyridine rings is 1. The zero-order valence-electron chi connectivity index (χ0n) is 14.7. The monoisotopic (exact) mass is 352 g/mol. The predicted octanol–water partition coefficient (Wildman–Crippen LogP) is 3.20. The number of ether oxygens (including phenoxy) is 1. The average Bonchev–Trinajstić information content (AvgIpc) is 2.59. The van der Waals surface area contributed by atoms with Gasteiger partial charge >= 0.3 is 0 Å². The number of benzene rings is 1. The Morgan fingerprint density at radius 1 is 1.40 bits per heavy atom. The Morgan fingerprint density at radius 3 is 2.80 bits per heavy atom. The highest BCUT2D eigenvalue weighted by Gasteiger charge is 2.25. The molecule has 0 bridgehead atoms. The molecule has 0 aliphatic rings. The topological polar surface area (TPSA) is 51.2 Å². The zero-order chi connectivity index (χ0) is 18.4. The second kappa shape index (κ2) is 7.96. The molecule has 128 valence electrons. The van der Waals surface area contributed by atoms with Crippen molar-refractivity contribution in [2.24, 2.45) is 0 Å². The van der Waals surface area contributed by atoms with E-state index in [9.17, 15) is 4.79 Å². The molecule has 25 heavy (non-hydrogen) atoms. The van der Waals surface area contributed by atoms with Crippen molar-refractivity contribution in [2.75, 3.05) is 6.26 Å². The second-order valence-corrected chi connectivity index (χ2v) is 6.80. The van der Waals surface area contributed by atoms with Gasteiger partial charge in [-0.25, -0.2) is 0 Å². The van der Waals surface area contributed by atoms with Gasteiger partial charge in [-0.2, -0.15) is 0 Å². The van der Waals surface area contributed by atoms with Crippen LogP contribution in [0, 0.1) is 24.2 Å². The van der Waals surface area contributed by atoms with Crippen molar-refractivity contribution >= 4 is 28.6 Å². The van der Waals surface area contributed by atoms with E-state index in [1.54, 1.807) is 33.0 Å². The molecule has 0 saturated heterocycles. The lowest BCUT2D eigenvalue weighted by atomic mass is 10.1. The van der Waals surface area contributed by atoms with Crippen molar-refractivity contribution in [3.63, 3.8) is 0 Å². The van der Waals surface area contributed by atoms with E-state index in [0.717, 1.165) is 16.5 Å². The van der Waals surface area contributed by atoms with E-state index in [1.165, 1.54) is 11.8 Å². The van der Waals surface area contributed by atoms with E-state index in [-0.39, 0.29) is 5.91 Å². The summed E-state index contributed by atoms with van der Waals surface area (Å²) in [6.45, 7) is 5.31. The van der Waals surface area contributed by atoms with Crippen LogP contribution in [0.2, 0.25) is 0 Å². The van der Waals surface area contributed by atoms with Gasteiger partial charge in [0.25, 0.3) is 5.91 Å². The highest BCUT2D eigenvalue weighted by Crippen LogP contribution is 2.23. The Labute approximate surface area is 152 Å². The summed E-state index contributed by atoms with van der Waals surface area (Å²) in [5.74, 6) is 8.70. The van der Waals surface area contributed by atoms with Crippen molar-refractivity contribution in [3.8, 4) is 29.9 Å². The summed E-state index contributed by atoms with van der Waals surface area (Å²) in [5.41, 5.74) is 0.251. The number of fused-ring (bicyclic) bond motifs is 1. The lowest BCUT2D eigenvalue weighted by Gasteiger charge is -2.23. The quantitative estimate of drug-likeness (QED) is 0.663. The molecule has 1 aromatic heterocycles. The minimum Gasteiger partial charge on any atom is -0.470 e. The number of carbonyl (C=O) groups excluding carboxylic acids is 1. The first kappa shape index (κ1) is 18.7. The molecular weight excluding hydrogens is 332 g/mol.